The van der Waals surface area contributed by atoms with Crippen LogP contribution in [0.25, 0.3) is 0 Å². The molecule has 1 heterocycles. The molecule has 0 spiro atoms. The second-order valence-electron chi connectivity index (χ2n) is 5.97. The van der Waals surface area contributed by atoms with E-state index in [1.807, 2.05) is 36.4 Å². The van der Waals surface area contributed by atoms with Gasteiger partial charge in [-0.05, 0) is 5.56 Å². The van der Waals surface area contributed by atoms with Crippen LogP contribution in [0.15, 0.2) is 65.7 Å². The third-order valence-electron chi connectivity index (χ3n) is 4.40. The lowest BCUT2D eigenvalue weighted by Gasteiger charge is -2.29. The summed E-state index contributed by atoms with van der Waals surface area (Å²) < 4.78 is 5.02. The molecule has 0 aromatic heterocycles. The van der Waals surface area contributed by atoms with Crippen LogP contribution in [0.1, 0.15) is 17.0 Å². The van der Waals surface area contributed by atoms with Gasteiger partial charge in [0.1, 0.15) is 0 Å². The van der Waals surface area contributed by atoms with Crippen molar-refractivity contribution in [3.8, 4) is 0 Å². The first-order valence-electron chi connectivity index (χ1n) is 8.10. The number of aliphatic imine (C=N–C) groups is 1. The first-order valence-corrected chi connectivity index (χ1v) is 9.08. The second-order valence-corrected chi connectivity index (χ2v) is 6.93. The van der Waals surface area contributed by atoms with Gasteiger partial charge in [-0.1, -0.05) is 60.7 Å². The van der Waals surface area contributed by atoms with Gasteiger partial charge in [0.25, 0.3) is 0 Å². The van der Waals surface area contributed by atoms with E-state index < -0.39 is 28.9 Å². The first kappa shape index (κ1) is 18.1. The zero-order valence-electron chi connectivity index (χ0n) is 14.2. The fourth-order valence-corrected chi connectivity index (χ4v) is 4.39. The van der Waals surface area contributed by atoms with Crippen LogP contribution < -0.4 is 0 Å². The van der Waals surface area contributed by atoms with Gasteiger partial charge in [-0.15, -0.1) is 11.8 Å². The summed E-state index contributed by atoms with van der Waals surface area (Å²) in [6.07, 6.45) is 0. The van der Waals surface area contributed by atoms with E-state index in [0.29, 0.717) is 16.4 Å². The van der Waals surface area contributed by atoms with E-state index in [-0.39, 0.29) is 0 Å². The highest BCUT2D eigenvalue weighted by Crippen LogP contribution is 2.42. The number of methoxy groups -OCH3 is 1. The topological polar surface area (TPSA) is 81.8 Å². The number of ether oxygens (including phenoxy) is 1. The lowest BCUT2D eigenvalue weighted by molar-refractivity contribution is -0.484. The largest absolute Gasteiger partial charge is 0.467 e. The van der Waals surface area contributed by atoms with Crippen molar-refractivity contribution in [2.75, 3.05) is 19.4 Å². The number of nitrogens with zero attached hydrogens (tertiary/aromatic N) is 2. The summed E-state index contributed by atoms with van der Waals surface area (Å²) in [5.74, 6) is -0.955. The average Bonchev–Trinajstić information content (AvgIpc) is 3.13. The maximum absolute atomic E-state index is 12.7. The molecule has 0 saturated carbocycles. The molecule has 0 amide bonds. The van der Waals surface area contributed by atoms with Gasteiger partial charge in [0.2, 0.25) is 6.54 Å². The molecule has 0 aliphatic carbocycles. The molecule has 1 aliphatic rings. The van der Waals surface area contributed by atoms with Crippen LogP contribution in [0.4, 0.5) is 0 Å². The van der Waals surface area contributed by atoms with Crippen LogP contribution in [0.5, 0.6) is 0 Å². The molecule has 1 aliphatic heterocycles. The maximum Gasteiger partial charge on any atom is 0.335 e. The number of benzene rings is 2. The van der Waals surface area contributed by atoms with Gasteiger partial charge in [0.15, 0.2) is 5.54 Å². The van der Waals surface area contributed by atoms with Crippen molar-refractivity contribution < 1.29 is 14.5 Å². The first-order chi connectivity index (χ1) is 12.6. The number of hydrogen-bond donors (Lipinski definition) is 0. The van der Waals surface area contributed by atoms with E-state index in [1.54, 1.807) is 24.3 Å². The molecule has 2 atom stereocenters. The Morgan fingerprint density at radius 1 is 1.23 bits per heavy atom. The Morgan fingerprint density at radius 2 is 1.85 bits per heavy atom. The highest BCUT2D eigenvalue weighted by atomic mass is 32.2. The Bertz CT molecular complexity index is 826. The standard InChI is InChI=1S/C19H18N2O4S/c1-25-18(22)19(13-26-17(20-19)15-10-6-3-7-11-15)16(12-21(23)24)14-8-4-2-5-9-14/h2-11,16H,12-13H2,1H3/t16-,19+/m1/s1. The van der Waals surface area contributed by atoms with Crippen molar-refractivity contribution in [3.05, 3.63) is 81.9 Å². The molecular formula is C19H18N2O4S. The summed E-state index contributed by atoms with van der Waals surface area (Å²) in [5.41, 5.74) is 0.267. The number of esters is 1. The Labute approximate surface area is 155 Å². The molecule has 6 nitrogen and oxygen atoms in total. The van der Waals surface area contributed by atoms with Crippen LogP contribution in [-0.2, 0) is 9.53 Å². The predicted molar refractivity (Wildman–Crippen MR) is 101 cm³/mol. The van der Waals surface area contributed by atoms with E-state index in [2.05, 4.69) is 0 Å². The number of thioether (sulfide) groups is 1. The van der Waals surface area contributed by atoms with E-state index >= 15 is 0 Å². The van der Waals surface area contributed by atoms with Crippen molar-refractivity contribution in [3.63, 3.8) is 0 Å². The number of rotatable bonds is 6. The van der Waals surface area contributed by atoms with Crippen LogP contribution in [-0.4, -0.2) is 40.9 Å². The van der Waals surface area contributed by atoms with Crippen molar-refractivity contribution in [1.82, 2.24) is 0 Å². The SMILES string of the molecule is COC(=O)[C@@]1([C@H](C[N+](=O)[O-])c2ccccc2)CSC(c2ccccc2)=N1. The zero-order valence-corrected chi connectivity index (χ0v) is 15.0. The molecule has 3 rings (SSSR count). The van der Waals surface area contributed by atoms with Crippen molar-refractivity contribution >= 4 is 22.8 Å². The zero-order chi connectivity index (χ0) is 18.6. The van der Waals surface area contributed by atoms with Crippen LogP contribution >= 0.6 is 11.8 Å². The normalized spacial score (nSPS) is 20.3. The van der Waals surface area contributed by atoms with Crippen LogP contribution in [0.2, 0.25) is 0 Å². The third kappa shape index (κ3) is 3.48. The van der Waals surface area contributed by atoms with Crippen LogP contribution in [0, 0.1) is 10.1 Å². The molecule has 0 unspecified atom stereocenters. The quantitative estimate of drug-likeness (QED) is 0.443. The third-order valence-corrected chi connectivity index (χ3v) is 5.58. The maximum atomic E-state index is 12.7. The highest BCUT2D eigenvalue weighted by Gasteiger charge is 2.53. The summed E-state index contributed by atoms with van der Waals surface area (Å²) in [7, 11) is 1.29. The minimum absolute atomic E-state index is 0.303. The van der Waals surface area contributed by atoms with Gasteiger partial charge in [0, 0.05) is 16.2 Å². The molecule has 2 aromatic rings. The summed E-state index contributed by atoms with van der Waals surface area (Å²) in [5, 5.41) is 12.0. The summed E-state index contributed by atoms with van der Waals surface area (Å²) >= 11 is 1.42. The molecule has 0 bridgehead atoms. The molecule has 26 heavy (non-hydrogen) atoms. The average molecular weight is 370 g/mol. The van der Waals surface area contributed by atoms with Crippen molar-refractivity contribution in [2.45, 2.75) is 11.5 Å². The monoisotopic (exact) mass is 370 g/mol. The summed E-state index contributed by atoms with van der Waals surface area (Å²) in [6.45, 7) is -0.398. The number of carbonyl (C=O) groups excluding carboxylic acids is 1. The van der Waals surface area contributed by atoms with E-state index in [1.165, 1.54) is 18.9 Å². The van der Waals surface area contributed by atoms with Gasteiger partial charge < -0.3 is 4.74 Å². The van der Waals surface area contributed by atoms with Crippen LogP contribution in [0.3, 0.4) is 0 Å². The minimum atomic E-state index is -1.32. The Kier molecular flexibility index (Phi) is 5.37. The fourth-order valence-electron chi connectivity index (χ4n) is 3.12. The Balaban J connectivity index is 2.11. The van der Waals surface area contributed by atoms with Crippen molar-refractivity contribution in [1.29, 1.82) is 0 Å². The molecule has 0 radical (unpaired) electrons. The molecule has 7 heteroatoms. The van der Waals surface area contributed by atoms with Gasteiger partial charge >= 0.3 is 5.97 Å². The second kappa shape index (κ2) is 7.70. The number of carbonyl (C=O) groups is 1. The van der Waals surface area contributed by atoms with Gasteiger partial charge in [-0.2, -0.15) is 0 Å². The van der Waals surface area contributed by atoms with E-state index in [9.17, 15) is 14.9 Å². The van der Waals surface area contributed by atoms with E-state index in [4.69, 9.17) is 9.73 Å². The fraction of sp³-hybridized carbons (Fsp3) is 0.263. The molecule has 0 saturated heterocycles. The molecular weight excluding hydrogens is 352 g/mol. The lowest BCUT2D eigenvalue weighted by atomic mass is 9.80. The van der Waals surface area contributed by atoms with Gasteiger partial charge in [-0.25, -0.2) is 4.79 Å². The van der Waals surface area contributed by atoms with Gasteiger partial charge in [-0.3, -0.25) is 15.1 Å². The predicted octanol–water partition coefficient (Wildman–Crippen LogP) is 3.15. The van der Waals surface area contributed by atoms with Gasteiger partial charge in [0.05, 0.1) is 18.1 Å². The Morgan fingerprint density at radius 3 is 2.42 bits per heavy atom. The van der Waals surface area contributed by atoms with E-state index in [0.717, 1.165) is 5.56 Å². The number of nitro groups is 1. The Hall–Kier alpha value is -2.67. The number of hydrogen-bond acceptors (Lipinski definition) is 6. The molecule has 0 fully saturated rings. The molecule has 0 N–H and O–H groups in total. The lowest BCUT2D eigenvalue weighted by Crippen LogP contribution is -2.47. The van der Waals surface area contributed by atoms with Crippen molar-refractivity contribution in [2.24, 2.45) is 4.99 Å². The minimum Gasteiger partial charge on any atom is -0.467 e. The highest BCUT2D eigenvalue weighted by molar-refractivity contribution is 8.14. The molecule has 2 aromatic carbocycles. The molecule has 134 valence electrons. The summed E-state index contributed by atoms with van der Waals surface area (Å²) in [4.78, 5) is 28.4. The summed E-state index contributed by atoms with van der Waals surface area (Å²) in [6, 6.07) is 18.5. The smallest absolute Gasteiger partial charge is 0.335 e.